The third-order valence-corrected chi connectivity index (χ3v) is 6.10. The fraction of sp³-hybridized carbons (Fsp3) is 0.842. The predicted molar refractivity (Wildman–Crippen MR) is 88.5 cm³/mol. The molecule has 2 fully saturated rings. The van der Waals surface area contributed by atoms with Crippen LogP contribution < -0.4 is 5.32 Å². The number of ether oxygens (including phenoxy) is 1. The maximum Gasteiger partial charge on any atom is 0.310 e. The van der Waals surface area contributed by atoms with Crippen LogP contribution in [0.25, 0.3) is 0 Å². The zero-order valence-electron chi connectivity index (χ0n) is 14.6. The minimum absolute atomic E-state index is 0.0340. The fourth-order valence-electron chi connectivity index (χ4n) is 4.87. The maximum absolute atomic E-state index is 12.3. The van der Waals surface area contributed by atoms with E-state index in [1.54, 1.807) is 11.1 Å². The van der Waals surface area contributed by atoms with E-state index >= 15 is 0 Å². The first kappa shape index (κ1) is 16.0. The third kappa shape index (κ3) is 2.84. The van der Waals surface area contributed by atoms with Gasteiger partial charge in [0.2, 0.25) is 0 Å². The number of hydrogen-bond donors (Lipinski definition) is 1. The Kier molecular flexibility index (Phi) is 4.37. The molecule has 2 aliphatic carbocycles. The first-order valence-electron chi connectivity index (χ1n) is 9.01. The normalized spacial score (nSPS) is 38.0. The summed E-state index contributed by atoms with van der Waals surface area (Å²) in [5.74, 6) is 1.09. The summed E-state index contributed by atoms with van der Waals surface area (Å²) in [4.78, 5) is 12.3. The third-order valence-electron chi connectivity index (χ3n) is 6.10. The highest BCUT2D eigenvalue weighted by atomic mass is 16.6. The molecular formula is C19H31NO2. The zero-order valence-corrected chi connectivity index (χ0v) is 14.6. The highest BCUT2D eigenvalue weighted by Crippen LogP contribution is 2.54. The van der Waals surface area contributed by atoms with Crippen LogP contribution in [-0.4, -0.2) is 25.2 Å². The van der Waals surface area contributed by atoms with Crippen molar-refractivity contribution in [3.05, 3.63) is 11.1 Å². The molecule has 0 aromatic rings. The number of hydrogen-bond acceptors (Lipinski definition) is 3. The second-order valence-corrected chi connectivity index (χ2v) is 8.38. The topological polar surface area (TPSA) is 38.3 Å². The van der Waals surface area contributed by atoms with Crippen molar-refractivity contribution >= 4 is 5.97 Å². The van der Waals surface area contributed by atoms with Crippen molar-refractivity contribution in [2.24, 2.45) is 23.2 Å². The number of esters is 1. The molecule has 1 saturated heterocycles. The molecule has 1 heterocycles. The van der Waals surface area contributed by atoms with Gasteiger partial charge in [0.05, 0.1) is 5.92 Å². The Hall–Kier alpha value is -0.830. The van der Waals surface area contributed by atoms with E-state index in [0.717, 1.165) is 25.9 Å². The molecule has 0 bridgehead atoms. The van der Waals surface area contributed by atoms with Crippen molar-refractivity contribution in [2.45, 2.75) is 65.9 Å². The Morgan fingerprint density at radius 1 is 1.41 bits per heavy atom. The number of fused-ring (bicyclic) bond motifs is 2. The Morgan fingerprint density at radius 2 is 2.18 bits per heavy atom. The molecule has 124 valence electrons. The molecule has 0 aromatic heterocycles. The van der Waals surface area contributed by atoms with Crippen LogP contribution in [0.4, 0.5) is 0 Å². The summed E-state index contributed by atoms with van der Waals surface area (Å²) in [7, 11) is 0. The number of allylic oxidation sites excluding steroid dienone is 2. The van der Waals surface area contributed by atoms with Crippen LogP contribution in [0.2, 0.25) is 0 Å². The van der Waals surface area contributed by atoms with Gasteiger partial charge in [0, 0.05) is 12.5 Å². The first-order chi connectivity index (χ1) is 10.4. The van der Waals surface area contributed by atoms with Gasteiger partial charge in [0.1, 0.15) is 6.10 Å². The average molecular weight is 305 g/mol. The highest BCUT2D eigenvalue weighted by Gasteiger charge is 2.52. The summed E-state index contributed by atoms with van der Waals surface area (Å²) < 4.78 is 5.78. The van der Waals surface area contributed by atoms with Crippen LogP contribution in [0.1, 0.15) is 59.8 Å². The van der Waals surface area contributed by atoms with Crippen molar-refractivity contribution in [3.63, 3.8) is 0 Å². The van der Waals surface area contributed by atoms with E-state index in [1.807, 2.05) is 0 Å². The van der Waals surface area contributed by atoms with Gasteiger partial charge in [-0.05, 0) is 56.9 Å². The van der Waals surface area contributed by atoms with Gasteiger partial charge in [-0.2, -0.15) is 0 Å². The Balaban J connectivity index is 1.74. The van der Waals surface area contributed by atoms with E-state index in [-0.39, 0.29) is 23.4 Å². The second kappa shape index (κ2) is 5.99. The molecule has 3 heteroatoms. The molecular weight excluding hydrogens is 274 g/mol. The number of nitrogens with one attached hydrogen (secondary N) is 1. The molecule has 0 spiro atoms. The van der Waals surface area contributed by atoms with E-state index in [4.69, 9.17) is 4.74 Å². The van der Waals surface area contributed by atoms with Crippen LogP contribution in [0.3, 0.4) is 0 Å². The Morgan fingerprint density at radius 3 is 2.91 bits per heavy atom. The molecule has 22 heavy (non-hydrogen) atoms. The van der Waals surface area contributed by atoms with Gasteiger partial charge in [0.25, 0.3) is 0 Å². The lowest BCUT2D eigenvalue weighted by molar-refractivity contribution is -0.145. The van der Waals surface area contributed by atoms with Gasteiger partial charge in [-0.1, -0.05) is 31.9 Å². The summed E-state index contributed by atoms with van der Waals surface area (Å²) in [6.07, 6.45) is 6.06. The number of rotatable bonds is 4. The van der Waals surface area contributed by atoms with Gasteiger partial charge in [-0.15, -0.1) is 0 Å². The lowest BCUT2D eigenvalue weighted by atomic mass is 9.59. The molecule has 4 atom stereocenters. The minimum Gasteiger partial charge on any atom is -0.462 e. The SMILES string of the molecule is CC1=C2C[C@@H]3C(CNCC(C)C)C(=O)O[C@@H]3C[C@@]2(C)CCC1. The van der Waals surface area contributed by atoms with E-state index in [2.05, 4.69) is 33.0 Å². The highest BCUT2D eigenvalue weighted by molar-refractivity contribution is 5.76. The van der Waals surface area contributed by atoms with Crippen LogP contribution in [0, 0.1) is 23.2 Å². The van der Waals surface area contributed by atoms with Crippen LogP contribution in [-0.2, 0) is 9.53 Å². The molecule has 1 aliphatic heterocycles. The molecule has 3 rings (SSSR count). The molecule has 1 unspecified atom stereocenters. The molecule has 0 aromatic carbocycles. The quantitative estimate of drug-likeness (QED) is 0.636. The van der Waals surface area contributed by atoms with Gasteiger partial charge >= 0.3 is 5.97 Å². The summed E-state index contributed by atoms with van der Waals surface area (Å²) >= 11 is 0. The molecule has 0 amide bonds. The Bertz CT molecular complexity index is 482. The van der Waals surface area contributed by atoms with Crippen molar-refractivity contribution in [2.75, 3.05) is 13.1 Å². The maximum atomic E-state index is 12.3. The second-order valence-electron chi connectivity index (χ2n) is 8.38. The molecule has 0 radical (unpaired) electrons. The van der Waals surface area contributed by atoms with Crippen LogP contribution in [0.15, 0.2) is 11.1 Å². The van der Waals surface area contributed by atoms with Gasteiger partial charge in [-0.25, -0.2) is 0 Å². The van der Waals surface area contributed by atoms with E-state index < -0.39 is 0 Å². The van der Waals surface area contributed by atoms with Gasteiger partial charge < -0.3 is 10.1 Å². The smallest absolute Gasteiger partial charge is 0.310 e. The van der Waals surface area contributed by atoms with Crippen molar-refractivity contribution in [3.8, 4) is 0 Å². The summed E-state index contributed by atoms with van der Waals surface area (Å²) in [5.41, 5.74) is 3.51. The minimum atomic E-state index is 0.0340. The van der Waals surface area contributed by atoms with E-state index in [9.17, 15) is 4.79 Å². The summed E-state index contributed by atoms with van der Waals surface area (Å²) in [6, 6.07) is 0. The van der Waals surface area contributed by atoms with Gasteiger partial charge in [0.15, 0.2) is 0 Å². The average Bonchev–Trinajstić information content (AvgIpc) is 2.71. The fourth-order valence-corrected chi connectivity index (χ4v) is 4.87. The molecule has 1 N–H and O–H groups in total. The van der Waals surface area contributed by atoms with Crippen molar-refractivity contribution in [1.82, 2.24) is 5.32 Å². The monoisotopic (exact) mass is 305 g/mol. The molecule has 1 saturated carbocycles. The standard InChI is InChI=1S/C19H31NO2/c1-12(2)10-20-11-15-14-8-16-13(3)6-5-7-19(16,4)9-17(14)22-18(15)21/h12,14-15,17,20H,5-11H2,1-4H3/t14-,15?,17-,19-/m1/s1. The summed E-state index contributed by atoms with van der Waals surface area (Å²) in [5, 5.41) is 3.47. The Labute approximate surface area is 134 Å². The largest absolute Gasteiger partial charge is 0.462 e. The van der Waals surface area contributed by atoms with Crippen molar-refractivity contribution < 1.29 is 9.53 Å². The summed E-state index contributed by atoms with van der Waals surface area (Å²) in [6.45, 7) is 10.8. The number of carbonyl (C=O) groups is 1. The first-order valence-corrected chi connectivity index (χ1v) is 9.01. The zero-order chi connectivity index (χ0) is 15.9. The predicted octanol–water partition coefficient (Wildman–Crippen LogP) is 3.69. The van der Waals surface area contributed by atoms with E-state index in [0.29, 0.717) is 11.8 Å². The molecule has 3 nitrogen and oxygen atoms in total. The van der Waals surface area contributed by atoms with Crippen LogP contribution in [0.5, 0.6) is 0 Å². The van der Waals surface area contributed by atoms with E-state index in [1.165, 1.54) is 19.3 Å². The molecule has 3 aliphatic rings. The number of carbonyl (C=O) groups excluding carboxylic acids is 1. The van der Waals surface area contributed by atoms with Gasteiger partial charge in [-0.3, -0.25) is 4.79 Å². The van der Waals surface area contributed by atoms with Crippen molar-refractivity contribution in [1.29, 1.82) is 0 Å². The lowest BCUT2D eigenvalue weighted by Crippen LogP contribution is -2.41. The lowest BCUT2D eigenvalue weighted by Gasteiger charge is -2.45. The van der Waals surface area contributed by atoms with Crippen LogP contribution >= 0.6 is 0 Å².